The second-order valence-corrected chi connectivity index (χ2v) is 4.86. The molecule has 0 spiro atoms. The van der Waals surface area contributed by atoms with Crippen LogP contribution in [0.1, 0.15) is 29.2 Å². The fourth-order valence-electron chi connectivity index (χ4n) is 2.57. The number of carboxylic acid groups (broad SMARTS) is 1. The van der Waals surface area contributed by atoms with Crippen LogP contribution in [-0.4, -0.2) is 24.7 Å². The number of nitrogens with one attached hydrogen (secondary N) is 1. The lowest BCUT2D eigenvalue weighted by molar-refractivity contribution is -0.141. The van der Waals surface area contributed by atoms with Gasteiger partial charge in [-0.1, -0.05) is 6.07 Å². The van der Waals surface area contributed by atoms with Gasteiger partial charge < -0.3 is 15.2 Å². The summed E-state index contributed by atoms with van der Waals surface area (Å²) in [6.45, 7) is 4.64. The molecule has 1 fully saturated rings. The molecule has 0 radical (unpaired) electrons. The van der Waals surface area contributed by atoms with Gasteiger partial charge in [0, 0.05) is 18.2 Å². The predicted octanol–water partition coefficient (Wildman–Crippen LogP) is 2.05. The minimum absolute atomic E-state index is 0.0703. The summed E-state index contributed by atoms with van der Waals surface area (Å²) in [5.41, 5.74) is 3.48. The lowest BCUT2D eigenvalue weighted by atomic mass is 9.93. The fraction of sp³-hybridized carbons (Fsp3) is 0.500. The monoisotopic (exact) mass is 249 g/mol. The summed E-state index contributed by atoms with van der Waals surface area (Å²) >= 11 is 0. The van der Waals surface area contributed by atoms with Crippen LogP contribution in [0.2, 0.25) is 0 Å². The number of hydrogen-bond donors (Lipinski definition) is 2. The number of aryl methyl sites for hydroxylation is 1. The Bertz CT molecular complexity index is 470. The molecule has 4 heteroatoms. The van der Waals surface area contributed by atoms with Crippen LogP contribution in [0, 0.1) is 19.8 Å². The van der Waals surface area contributed by atoms with Crippen molar-refractivity contribution in [3.63, 3.8) is 0 Å². The average molecular weight is 249 g/mol. The van der Waals surface area contributed by atoms with Crippen LogP contribution < -0.4 is 10.1 Å². The summed E-state index contributed by atoms with van der Waals surface area (Å²) in [6, 6.07) is 4.05. The Hall–Kier alpha value is -1.55. The van der Waals surface area contributed by atoms with Crippen LogP contribution in [0.3, 0.4) is 0 Å². The smallest absolute Gasteiger partial charge is 0.307 e. The average Bonchev–Trinajstić information content (AvgIpc) is 2.81. The van der Waals surface area contributed by atoms with Gasteiger partial charge in [-0.25, -0.2) is 0 Å². The zero-order chi connectivity index (χ0) is 13.3. The van der Waals surface area contributed by atoms with Crippen molar-refractivity contribution in [1.82, 2.24) is 5.32 Å². The maximum Gasteiger partial charge on any atom is 0.307 e. The predicted molar refractivity (Wildman–Crippen MR) is 69.0 cm³/mol. The summed E-state index contributed by atoms with van der Waals surface area (Å²) in [7, 11) is 1.65. The highest BCUT2D eigenvalue weighted by Crippen LogP contribution is 2.36. The van der Waals surface area contributed by atoms with Crippen molar-refractivity contribution in [2.75, 3.05) is 13.7 Å². The molecule has 2 N–H and O–H groups in total. The van der Waals surface area contributed by atoms with Crippen LogP contribution in [-0.2, 0) is 4.79 Å². The van der Waals surface area contributed by atoms with Gasteiger partial charge in [-0.2, -0.15) is 0 Å². The Balaban J connectivity index is 2.34. The Morgan fingerprint density at radius 2 is 2.17 bits per heavy atom. The van der Waals surface area contributed by atoms with Crippen molar-refractivity contribution < 1.29 is 14.6 Å². The first-order valence-electron chi connectivity index (χ1n) is 6.15. The van der Waals surface area contributed by atoms with E-state index in [1.54, 1.807) is 7.11 Å². The zero-order valence-electron chi connectivity index (χ0n) is 11.0. The molecule has 4 nitrogen and oxygen atoms in total. The van der Waals surface area contributed by atoms with Gasteiger partial charge in [0.1, 0.15) is 5.75 Å². The van der Waals surface area contributed by atoms with Gasteiger partial charge in [0.05, 0.1) is 13.0 Å². The molecule has 1 aliphatic heterocycles. The number of benzene rings is 1. The van der Waals surface area contributed by atoms with Gasteiger partial charge in [0.15, 0.2) is 0 Å². The van der Waals surface area contributed by atoms with E-state index in [9.17, 15) is 4.79 Å². The molecule has 1 aliphatic rings. The number of hydrogen-bond acceptors (Lipinski definition) is 3. The summed E-state index contributed by atoms with van der Waals surface area (Å²) in [5, 5.41) is 12.3. The van der Waals surface area contributed by atoms with Gasteiger partial charge in [-0.15, -0.1) is 0 Å². The third-order valence-corrected chi connectivity index (χ3v) is 3.79. The van der Waals surface area contributed by atoms with Crippen molar-refractivity contribution in [1.29, 1.82) is 0 Å². The van der Waals surface area contributed by atoms with E-state index in [1.807, 2.05) is 12.1 Å². The largest absolute Gasteiger partial charge is 0.496 e. The van der Waals surface area contributed by atoms with Crippen LogP contribution in [0.15, 0.2) is 12.1 Å². The third-order valence-electron chi connectivity index (χ3n) is 3.79. The third kappa shape index (κ3) is 2.20. The molecule has 98 valence electrons. The standard InChI is InChI=1S/C14H19NO3/c1-8-4-5-12(18-3)13(9(8)2)11-6-10(7-15-11)14(16)17/h4-5,10-11,15H,6-7H2,1-3H3,(H,16,17). The number of methoxy groups -OCH3 is 1. The molecule has 0 amide bonds. The van der Waals surface area contributed by atoms with Gasteiger partial charge in [0.2, 0.25) is 0 Å². The molecule has 1 aromatic carbocycles. The number of aliphatic carboxylic acids is 1. The summed E-state index contributed by atoms with van der Waals surface area (Å²) in [4.78, 5) is 11.0. The normalized spacial score (nSPS) is 23.1. The van der Waals surface area contributed by atoms with Crippen molar-refractivity contribution >= 4 is 5.97 Å². The van der Waals surface area contributed by atoms with Crippen molar-refractivity contribution in [3.05, 3.63) is 28.8 Å². The fourth-order valence-corrected chi connectivity index (χ4v) is 2.57. The molecule has 0 saturated carbocycles. The minimum Gasteiger partial charge on any atom is -0.496 e. The highest BCUT2D eigenvalue weighted by Gasteiger charge is 2.32. The Labute approximate surface area is 107 Å². The summed E-state index contributed by atoms with van der Waals surface area (Å²) in [6.07, 6.45) is 0.621. The first kappa shape index (κ1) is 12.9. The Kier molecular flexibility index (Phi) is 3.57. The molecule has 18 heavy (non-hydrogen) atoms. The SMILES string of the molecule is COc1ccc(C)c(C)c1C1CC(C(=O)O)CN1. The van der Waals surface area contributed by atoms with Crippen LogP contribution >= 0.6 is 0 Å². The lowest BCUT2D eigenvalue weighted by Gasteiger charge is -2.19. The van der Waals surface area contributed by atoms with Crippen molar-refractivity contribution in [2.24, 2.45) is 5.92 Å². The lowest BCUT2D eigenvalue weighted by Crippen LogP contribution is -2.18. The quantitative estimate of drug-likeness (QED) is 0.860. The molecule has 0 aromatic heterocycles. The molecule has 2 atom stereocenters. The first-order valence-corrected chi connectivity index (χ1v) is 6.15. The second-order valence-electron chi connectivity index (χ2n) is 4.86. The molecule has 0 bridgehead atoms. The van der Waals surface area contributed by atoms with Gasteiger partial charge in [0.25, 0.3) is 0 Å². The highest BCUT2D eigenvalue weighted by molar-refractivity contribution is 5.71. The van der Waals surface area contributed by atoms with E-state index in [-0.39, 0.29) is 12.0 Å². The molecular weight excluding hydrogens is 230 g/mol. The van der Waals surface area contributed by atoms with E-state index in [0.717, 1.165) is 11.3 Å². The molecule has 2 unspecified atom stereocenters. The van der Waals surface area contributed by atoms with Crippen molar-refractivity contribution in [2.45, 2.75) is 26.3 Å². The van der Waals surface area contributed by atoms with Gasteiger partial charge in [-0.05, 0) is 37.5 Å². The topological polar surface area (TPSA) is 58.6 Å². The van der Waals surface area contributed by atoms with E-state index in [1.165, 1.54) is 11.1 Å². The molecule has 1 aromatic rings. The number of rotatable bonds is 3. The molecule has 1 heterocycles. The maximum atomic E-state index is 11.0. The first-order chi connectivity index (χ1) is 8.54. The second kappa shape index (κ2) is 4.98. The van der Waals surface area contributed by atoms with Crippen molar-refractivity contribution in [3.8, 4) is 5.75 Å². The molecule has 0 aliphatic carbocycles. The minimum atomic E-state index is -0.728. The number of carbonyl (C=O) groups is 1. The Morgan fingerprint density at radius 1 is 1.44 bits per heavy atom. The summed E-state index contributed by atoms with van der Waals surface area (Å²) in [5.74, 6) is -0.199. The zero-order valence-corrected chi connectivity index (χ0v) is 11.0. The van der Waals surface area contributed by atoms with E-state index in [0.29, 0.717) is 13.0 Å². The van der Waals surface area contributed by atoms with Gasteiger partial charge >= 0.3 is 5.97 Å². The molecule has 2 rings (SSSR count). The maximum absolute atomic E-state index is 11.0. The van der Waals surface area contributed by atoms with E-state index >= 15 is 0 Å². The van der Waals surface area contributed by atoms with Crippen LogP contribution in [0.4, 0.5) is 0 Å². The van der Waals surface area contributed by atoms with Crippen LogP contribution in [0.25, 0.3) is 0 Å². The van der Waals surface area contributed by atoms with Crippen LogP contribution in [0.5, 0.6) is 5.75 Å². The number of carboxylic acids is 1. The van der Waals surface area contributed by atoms with E-state index < -0.39 is 5.97 Å². The Morgan fingerprint density at radius 3 is 2.72 bits per heavy atom. The van der Waals surface area contributed by atoms with E-state index in [4.69, 9.17) is 9.84 Å². The number of ether oxygens (including phenoxy) is 1. The summed E-state index contributed by atoms with van der Waals surface area (Å²) < 4.78 is 5.40. The molecule has 1 saturated heterocycles. The van der Waals surface area contributed by atoms with E-state index in [2.05, 4.69) is 19.2 Å². The highest BCUT2D eigenvalue weighted by atomic mass is 16.5. The van der Waals surface area contributed by atoms with Gasteiger partial charge in [-0.3, -0.25) is 4.79 Å². The molecular formula is C14H19NO3.